The molecule has 2 aromatic rings. The lowest BCUT2D eigenvalue weighted by Gasteiger charge is -2.19. The maximum atomic E-state index is 11.9. The average Bonchev–Trinajstić information content (AvgIpc) is 2.46. The van der Waals surface area contributed by atoms with Crippen LogP contribution in [0.15, 0.2) is 27.4 Å². The van der Waals surface area contributed by atoms with Crippen molar-refractivity contribution < 1.29 is 14.3 Å². The van der Waals surface area contributed by atoms with Crippen molar-refractivity contribution in [3.8, 4) is 5.75 Å². The van der Waals surface area contributed by atoms with Crippen LogP contribution >= 0.6 is 0 Å². The number of aromatic hydroxyl groups is 1. The molecule has 0 radical (unpaired) electrons. The summed E-state index contributed by atoms with van der Waals surface area (Å²) in [6.07, 6.45) is 0. The molecule has 0 aliphatic rings. The number of Topliss-reactive ketones (excluding diaryl/α,β-unsaturated/α-hetero) is 1. The van der Waals surface area contributed by atoms with Crippen molar-refractivity contribution in [2.75, 3.05) is 13.1 Å². The average molecular weight is 289 g/mol. The summed E-state index contributed by atoms with van der Waals surface area (Å²) in [6, 6.07) is 4.73. The number of phenols is 1. The number of phenolic OH excluding ortho intramolecular Hbond substituents is 1. The van der Waals surface area contributed by atoms with Gasteiger partial charge in [0.05, 0.1) is 5.56 Å². The Kier molecular flexibility index (Phi) is 4.43. The topological polar surface area (TPSA) is 70.8 Å². The Hall–Kier alpha value is -2.14. The van der Waals surface area contributed by atoms with Crippen LogP contribution in [0.4, 0.5) is 0 Å². The van der Waals surface area contributed by atoms with Gasteiger partial charge in [-0.2, -0.15) is 0 Å². The molecule has 2 rings (SSSR count). The Morgan fingerprint density at radius 3 is 2.52 bits per heavy atom. The minimum absolute atomic E-state index is 0.0296. The van der Waals surface area contributed by atoms with Gasteiger partial charge in [-0.25, -0.2) is 4.79 Å². The second kappa shape index (κ2) is 6.10. The first kappa shape index (κ1) is 15.3. The summed E-state index contributed by atoms with van der Waals surface area (Å²) >= 11 is 0. The molecule has 21 heavy (non-hydrogen) atoms. The second-order valence-corrected chi connectivity index (χ2v) is 4.95. The number of carbonyl (C=O) groups excluding carboxylic acids is 1. The van der Waals surface area contributed by atoms with E-state index in [0.29, 0.717) is 23.1 Å². The van der Waals surface area contributed by atoms with Gasteiger partial charge in [0.15, 0.2) is 5.78 Å². The van der Waals surface area contributed by atoms with Crippen LogP contribution < -0.4 is 5.63 Å². The lowest BCUT2D eigenvalue weighted by Crippen LogP contribution is -2.22. The van der Waals surface area contributed by atoms with Crippen LogP contribution in [0.5, 0.6) is 5.75 Å². The molecule has 0 fully saturated rings. The van der Waals surface area contributed by atoms with E-state index < -0.39 is 5.63 Å². The number of ketones is 1. The Labute approximate surface area is 122 Å². The summed E-state index contributed by atoms with van der Waals surface area (Å²) in [5.74, 6) is -0.239. The van der Waals surface area contributed by atoms with Crippen LogP contribution in [-0.2, 0) is 6.54 Å². The maximum Gasteiger partial charge on any atom is 0.347 e. The van der Waals surface area contributed by atoms with Gasteiger partial charge in [0.1, 0.15) is 16.9 Å². The quantitative estimate of drug-likeness (QED) is 0.676. The zero-order chi connectivity index (χ0) is 15.6. The van der Waals surface area contributed by atoms with E-state index in [2.05, 4.69) is 4.90 Å². The molecule has 0 spiro atoms. The van der Waals surface area contributed by atoms with Crippen LogP contribution in [0.25, 0.3) is 11.0 Å². The smallest absolute Gasteiger partial charge is 0.347 e. The highest BCUT2D eigenvalue weighted by molar-refractivity contribution is 5.97. The van der Waals surface area contributed by atoms with Gasteiger partial charge in [-0.1, -0.05) is 13.8 Å². The fourth-order valence-electron chi connectivity index (χ4n) is 2.30. The van der Waals surface area contributed by atoms with Gasteiger partial charge < -0.3 is 9.52 Å². The first-order chi connectivity index (χ1) is 9.97. The van der Waals surface area contributed by atoms with E-state index in [1.54, 1.807) is 12.1 Å². The molecule has 0 unspecified atom stereocenters. The Morgan fingerprint density at radius 1 is 1.29 bits per heavy atom. The fraction of sp³-hybridized carbons (Fsp3) is 0.375. The molecule has 1 N–H and O–H groups in total. The molecule has 0 saturated heterocycles. The van der Waals surface area contributed by atoms with Crippen molar-refractivity contribution >= 4 is 16.8 Å². The molecular formula is C16H19NO4. The van der Waals surface area contributed by atoms with Crippen molar-refractivity contribution in [2.45, 2.75) is 27.3 Å². The van der Waals surface area contributed by atoms with Gasteiger partial charge in [-0.15, -0.1) is 0 Å². The summed E-state index contributed by atoms with van der Waals surface area (Å²) in [5.41, 5.74) is 0.281. The van der Waals surface area contributed by atoms with Crippen molar-refractivity contribution in [3.63, 3.8) is 0 Å². The van der Waals surface area contributed by atoms with Crippen LogP contribution in [0.1, 0.15) is 36.7 Å². The third-order valence-electron chi connectivity index (χ3n) is 3.64. The highest BCUT2D eigenvalue weighted by Crippen LogP contribution is 2.28. The van der Waals surface area contributed by atoms with E-state index in [4.69, 9.17) is 4.42 Å². The van der Waals surface area contributed by atoms with E-state index >= 15 is 0 Å². The predicted octanol–water partition coefficient (Wildman–Crippen LogP) is 2.54. The SMILES string of the molecule is CCN(CC)Cc1c(O)ccc2cc(C(C)=O)c(=O)oc12. The van der Waals surface area contributed by atoms with Crippen LogP contribution in [0.2, 0.25) is 0 Å². The monoisotopic (exact) mass is 289 g/mol. The predicted molar refractivity (Wildman–Crippen MR) is 80.8 cm³/mol. The standard InChI is InChI=1S/C16H19NO4/c1-4-17(5-2)9-13-14(19)7-6-11-8-12(10(3)18)16(20)21-15(11)13/h6-8,19H,4-5,9H2,1-3H3. The number of hydrogen-bond donors (Lipinski definition) is 1. The Morgan fingerprint density at radius 2 is 1.95 bits per heavy atom. The second-order valence-electron chi connectivity index (χ2n) is 4.95. The van der Waals surface area contributed by atoms with E-state index in [1.165, 1.54) is 13.0 Å². The molecule has 5 nitrogen and oxygen atoms in total. The number of fused-ring (bicyclic) bond motifs is 1. The molecule has 0 bridgehead atoms. The molecule has 0 saturated carbocycles. The molecule has 5 heteroatoms. The van der Waals surface area contributed by atoms with E-state index in [0.717, 1.165) is 13.1 Å². The van der Waals surface area contributed by atoms with Gasteiger partial charge in [0.25, 0.3) is 0 Å². The molecule has 0 atom stereocenters. The molecule has 1 aromatic heterocycles. The van der Waals surface area contributed by atoms with Gasteiger partial charge in [0.2, 0.25) is 0 Å². The number of rotatable bonds is 5. The van der Waals surface area contributed by atoms with E-state index in [9.17, 15) is 14.7 Å². The summed E-state index contributed by atoms with van der Waals surface area (Å²) in [4.78, 5) is 25.4. The van der Waals surface area contributed by atoms with E-state index in [1.807, 2.05) is 13.8 Å². The largest absolute Gasteiger partial charge is 0.507 e. The van der Waals surface area contributed by atoms with Gasteiger partial charge in [-0.05, 0) is 38.2 Å². The lowest BCUT2D eigenvalue weighted by atomic mass is 10.1. The highest BCUT2D eigenvalue weighted by atomic mass is 16.4. The molecular weight excluding hydrogens is 270 g/mol. The van der Waals surface area contributed by atoms with E-state index in [-0.39, 0.29) is 17.1 Å². The molecule has 1 aromatic carbocycles. The van der Waals surface area contributed by atoms with Gasteiger partial charge >= 0.3 is 5.63 Å². The van der Waals surface area contributed by atoms with Crippen LogP contribution in [0, 0.1) is 0 Å². The first-order valence-electron chi connectivity index (χ1n) is 6.99. The fourth-order valence-corrected chi connectivity index (χ4v) is 2.30. The van der Waals surface area contributed by atoms with Crippen LogP contribution in [0.3, 0.4) is 0 Å². The van der Waals surface area contributed by atoms with Crippen molar-refractivity contribution in [2.24, 2.45) is 0 Å². The van der Waals surface area contributed by atoms with Crippen molar-refractivity contribution in [1.29, 1.82) is 0 Å². The molecule has 0 aliphatic heterocycles. The van der Waals surface area contributed by atoms with Gasteiger partial charge in [-0.3, -0.25) is 9.69 Å². The maximum absolute atomic E-state index is 11.9. The van der Waals surface area contributed by atoms with Gasteiger partial charge in [0, 0.05) is 11.9 Å². The Bertz CT molecular complexity index is 729. The van der Waals surface area contributed by atoms with Crippen LogP contribution in [-0.4, -0.2) is 28.9 Å². The summed E-state index contributed by atoms with van der Waals surface area (Å²) in [5, 5.41) is 10.7. The zero-order valence-corrected chi connectivity index (χ0v) is 12.5. The minimum atomic E-state index is -0.665. The lowest BCUT2D eigenvalue weighted by molar-refractivity contribution is 0.101. The first-order valence-corrected chi connectivity index (χ1v) is 6.99. The molecule has 112 valence electrons. The normalized spacial score (nSPS) is 11.2. The molecule has 0 amide bonds. The third kappa shape index (κ3) is 2.97. The summed E-state index contributed by atoms with van der Waals surface area (Å²) in [6.45, 7) is 7.50. The summed E-state index contributed by atoms with van der Waals surface area (Å²) in [7, 11) is 0. The van der Waals surface area contributed by atoms with Crippen molar-refractivity contribution in [1.82, 2.24) is 4.90 Å². The summed E-state index contributed by atoms with van der Waals surface area (Å²) < 4.78 is 5.29. The van der Waals surface area contributed by atoms with Crippen molar-refractivity contribution in [3.05, 3.63) is 39.7 Å². The number of benzene rings is 1. The third-order valence-corrected chi connectivity index (χ3v) is 3.64. The number of hydrogen-bond acceptors (Lipinski definition) is 5. The number of nitrogens with zero attached hydrogens (tertiary/aromatic N) is 1. The molecule has 1 heterocycles. The number of carbonyl (C=O) groups is 1. The molecule has 0 aliphatic carbocycles. The minimum Gasteiger partial charge on any atom is -0.507 e. The Balaban J connectivity index is 2.64. The highest BCUT2D eigenvalue weighted by Gasteiger charge is 2.16. The zero-order valence-electron chi connectivity index (χ0n) is 12.5.